The maximum absolute atomic E-state index is 12.4. The van der Waals surface area contributed by atoms with E-state index in [0.29, 0.717) is 0 Å². The Hall–Kier alpha value is -1.50. The van der Waals surface area contributed by atoms with Crippen molar-refractivity contribution < 1.29 is 9.90 Å². The van der Waals surface area contributed by atoms with Crippen LogP contribution in [0.1, 0.15) is 51.3 Å². The second kappa shape index (κ2) is 6.78. The van der Waals surface area contributed by atoms with Crippen LogP contribution in [0.25, 0.3) is 0 Å². The molecule has 112 valence electrons. The first-order chi connectivity index (χ1) is 9.63. The van der Waals surface area contributed by atoms with Crippen molar-refractivity contribution >= 4 is 5.91 Å². The summed E-state index contributed by atoms with van der Waals surface area (Å²) < 4.78 is 1.59. The lowest BCUT2D eigenvalue weighted by molar-refractivity contribution is -0.133. The first-order valence-corrected chi connectivity index (χ1v) is 7.30. The van der Waals surface area contributed by atoms with Gasteiger partial charge in [-0.2, -0.15) is 0 Å². The first-order valence-electron chi connectivity index (χ1n) is 7.30. The molecule has 1 atom stereocenters. The maximum Gasteiger partial charge on any atom is 0.244 e. The van der Waals surface area contributed by atoms with Crippen molar-refractivity contribution in [3.05, 3.63) is 5.82 Å². The molecule has 20 heavy (non-hydrogen) atoms. The van der Waals surface area contributed by atoms with E-state index in [1.807, 2.05) is 18.7 Å². The summed E-state index contributed by atoms with van der Waals surface area (Å²) in [6.45, 7) is 5.20. The number of tetrazole rings is 1. The lowest BCUT2D eigenvalue weighted by Crippen LogP contribution is -2.38. The number of rotatable bonds is 6. The number of aliphatic hydroxyl groups is 1. The Kier molecular flexibility index (Phi) is 5.05. The molecule has 7 nitrogen and oxygen atoms in total. The van der Waals surface area contributed by atoms with Gasteiger partial charge < -0.3 is 10.0 Å². The Morgan fingerprint density at radius 1 is 1.50 bits per heavy atom. The van der Waals surface area contributed by atoms with Crippen LogP contribution in [0, 0.1) is 0 Å². The Bertz CT molecular complexity index is 446. The molecule has 0 radical (unpaired) electrons. The van der Waals surface area contributed by atoms with Crippen LogP contribution < -0.4 is 0 Å². The van der Waals surface area contributed by atoms with Gasteiger partial charge in [0.2, 0.25) is 5.91 Å². The summed E-state index contributed by atoms with van der Waals surface area (Å²) in [7, 11) is 0. The number of aliphatic hydroxyl groups excluding tert-OH is 1. The summed E-state index contributed by atoms with van der Waals surface area (Å²) >= 11 is 0. The maximum atomic E-state index is 12.4. The van der Waals surface area contributed by atoms with Gasteiger partial charge in [-0.1, -0.05) is 13.8 Å². The highest BCUT2D eigenvalue weighted by molar-refractivity contribution is 5.76. The number of carbonyl (C=O) groups is 1. The van der Waals surface area contributed by atoms with Crippen molar-refractivity contribution in [1.29, 1.82) is 0 Å². The van der Waals surface area contributed by atoms with E-state index in [4.69, 9.17) is 5.11 Å². The summed E-state index contributed by atoms with van der Waals surface area (Å²) in [5, 5.41) is 20.4. The number of likely N-dealkylation sites (tertiary alicyclic amines) is 1. The van der Waals surface area contributed by atoms with Gasteiger partial charge in [-0.3, -0.25) is 4.79 Å². The first kappa shape index (κ1) is 14.9. The van der Waals surface area contributed by atoms with Gasteiger partial charge in [0.25, 0.3) is 0 Å². The molecule has 1 aromatic heterocycles. The minimum absolute atomic E-state index is 0.0691. The molecule has 0 spiro atoms. The molecule has 1 aliphatic heterocycles. The molecule has 0 aromatic carbocycles. The normalized spacial score (nSPS) is 19.0. The monoisotopic (exact) mass is 281 g/mol. The van der Waals surface area contributed by atoms with Crippen LogP contribution in [-0.4, -0.2) is 55.3 Å². The summed E-state index contributed by atoms with van der Waals surface area (Å²) in [6.07, 6.45) is 3.68. The topological polar surface area (TPSA) is 84.1 Å². The molecule has 0 bridgehead atoms. The zero-order chi connectivity index (χ0) is 14.5. The number of carbonyl (C=O) groups excluding carboxylic acids is 1. The summed E-state index contributed by atoms with van der Waals surface area (Å²) in [6, 6.07) is 0.258. The molecule has 1 fully saturated rings. The van der Waals surface area contributed by atoms with E-state index < -0.39 is 0 Å². The molecule has 7 heteroatoms. The molecule has 1 N–H and O–H groups in total. The number of amides is 1. The zero-order valence-electron chi connectivity index (χ0n) is 12.2. The van der Waals surface area contributed by atoms with E-state index in [0.717, 1.165) is 38.1 Å². The van der Waals surface area contributed by atoms with Crippen molar-refractivity contribution in [3.63, 3.8) is 0 Å². The molecule has 0 aliphatic carbocycles. The molecule has 1 aromatic rings. The third kappa shape index (κ3) is 3.33. The Morgan fingerprint density at radius 2 is 2.30 bits per heavy atom. The third-order valence-corrected chi connectivity index (χ3v) is 3.75. The highest BCUT2D eigenvalue weighted by atomic mass is 16.3. The number of nitrogens with zero attached hydrogens (tertiary/aromatic N) is 5. The molecule has 1 amide bonds. The predicted octanol–water partition coefficient (Wildman–Crippen LogP) is 0.560. The number of hydrogen-bond donors (Lipinski definition) is 1. The van der Waals surface area contributed by atoms with Gasteiger partial charge in [0.1, 0.15) is 6.54 Å². The average molecular weight is 281 g/mol. The van der Waals surface area contributed by atoms with Crippen LogP contribution in [0.5, 0.6) is 0 Å². The SMILES string of the molecule is CC(C)c1nnnn1CC(=O)N1CCCC1CCCO. The minimum Gasteiger partial charge on any atom is -0.396 e. The van der Waals surface area contributed by atoms with Crippen LogP contribution in [0.4, 0.5) is 0 Å². The molecular weight excluding hydrogens is 258 g/mol. The van der Waals surface area contributed by atoms with Gasteiger partial charge in [0, 0.05) is 25.1 Å². The fraction of sp³-hybridized carbons (Fsp3) is 0.846. The Balaban J connectivity index is 1.98. The standard InChI is InChI=1S/C13H23N5O2/c1-10(2)13-14-15-16-18(13)9-12(20)17-7-3-5-11(17)6-4-8-19/h10-11,19H,3-9H2,1-2H3. The highest BCUT2D eigenvalue weighted by Gasteiger charge is 2.29. The van der Waals surface area contributed by atoms with E-state index >= 15 is 0 Å². The zero-order valence-corrected chi connectivity index (χ0v) is 12.2. The minimum atomic E-state index is 0.0691. The van der Waals surface area contributed by atoms with Crippen molar-refractivity contribution in [2.45, 2.75) is 58.0 Å². The van der Waals surface area contributed by atoms with E-state index in [1.165, 1.54) is 0 Å². The van der Waals surface area contributed by atoms with Crippen LogP contribution in [0.3, 0.4) is 0 Å². The van der Waals surface area contributed by atoms with Gasteiger partial charge in [0.15, 0.2) is 5.82 Å². The van der Waals surface area contributed by atoms with E-state index in [1.54, 1.807) is 4.68 Å². The van der Waals surface area contributed by atoms with Crippen molar-refractivity contribution in [3.8, 4) is 0 Å². The molecule has 1 unspecified atom stereocenters. The quantitative estimate of drug-likeness (QED) is 0.823. The fourth-order valence-corrected chi connectivity index (χ4v) is 2.75. The Labute approximate surface area is 119 Å². The second-order valence-corrected chi connectivity index (χ2v) is 5.60. The smallest absolute Gasteiger partial charge is 0.244 e. The van der Waals surface area contributed by atoms with Gasteiger partial charge in [-0.15, -0.1) is 5.10 Å². The fourth-order valence-electron chi connectivity index (χ4n) is 2.75. The molecule has 0 saturated carbocycles. The average Bonchev–Trinajstić information content (AvgIpc) is 3.04. The van der Waals surface area contributed by atoms with Crippen molar-refractivity contribution in [2.24, 2.45) is 0 Å². The molecule has 2 heterocycles. The van der Waals surface area contributed by atoms with E-state index in [-0.39, 0.29) is 31.0 Å². The second-order valence-electron chi connectivity index (χ2n) is 5.60. The third-order valence-electron chi connectivity index (χ3n) is 3.75. The Morgan fingerprint density at radius 3 is 3.00 bits per heavy atom. The summed E-state index contributed by atoms with van der Waals surface area (Å²) in [5.41, 5.74) is 0. The summed E-state index contributed by atoms with van der Waals surface area (Å²) in [4.78, 5) is 14.3. The van der Waals surface area contributed by atoms with Crippen LogP contribution >= 0.6 is 0 Å². The van der Waals surface area contributed by atoms with Gasteiger partial charge >= 0.3 is 0 Å². The van der Waals surface area contributed by atoms with Crippen LogP contribution in [0.15, 0.2) is 0 Å². The molecule has 1 aliphatic rings. The van der Waals surface area contributed by atoms with Gasteiger partial charge in [0.05, 0.1) is 0 Å². The lowest BCUT2D eigenvalue weighted by atomic mass is 10.1. The van der Waals surface area contributed by atoms with Crippen molar-refractivity contribution in [2.75, 3.05) is 13.2 Å². The molecule has 1 saturated heterocycles. The number of hydrogen-bond acceptors (Lipinski definition) is 5. The highest BCUT2D eigenvalue weighted by Crippen LogP contribution is 2.22. The summed E-state index contributed by atoms with van der Waals surface area (Å²) in [5.74, 6) is 1.01. The van der Waals surface area contributed by atoms with E-state index in [2.05, 4.69) is 15.5 Å². The van der Waals surface area contributed by atoms with E-state index in [9.17, 15) is 4.79 Å². The predicted molar refractivity (Wildman–Crippen MR) is 73.0 cm³/mol. The van der Waals surface area contributed by atoms with Crippen LogP contribution in [-0.2, 0) is 11.3 Å². The molecular formula is C13H23N5O2. The van der Waals surface area contributed by atoms with Crippen molar-refractivity contribution in [1.82, 2.24) is 25.1 Å². The van der Waals surface area contributed by atoms with Crippen LogP contribution in [0.2, 0.25) is 0 Å². The van der Waals surface area contributed by atoms with Gasteiger partial charge in [-0.25, -0.2) is 4.68 Å². The lowest BCUT2D eigenvalue weighted by Gasteiger charge is -2.24. The number of aromatic nitrogens is 4. The largest absolute Gasteiger partial charge is 0.396 e. The molecule has 2 rings (SSSR count). The van der Waals surface area contributed by atoms with Gasteiger partial charge in [-0.05, 0) is 36.1 Å².